The van der Waals surface area contributed by atoms with Gasteiger partial charge in [0.1, 0.15) is 10.6 Å². The van der Waals surface area contributed by atoms with Gasteiger partial charge in [-0.3, -0.25) is 4.79 Å². The molecular weight excluding hydrogens is 446 g/mol. The number of methoxy groups -OCH3 is 1. The van der Waals surface area contributed by atoms with Crippen LogP contribution in [0.25, 0.3) is 0 Å². The predicted molar refractivity (Wildman–Crippen MR) is 139 cm³/mol. The van der Waals surface area contributed by atoms with E-state index in [9.17, 15) is 9.90 Å². The molecule has 0 radical (unpaired) electrons. The summed E-state index contributed by atoms with van der Waals surface area (Å²) in [7, 11) is 3.71. The standard InChI is InChI=1S/C27H47N3O3S/c1-21-18-29-26(34-21)27(32,13-7-8-15-33-3)24-12-9-14-30(20-24)25(31)17-23(19-28-2)16-22-10-5-4-6-11-22/h18,22-24,28,32H,4-17,19-20H2,1-3H3/t23-,24-,27+/m1/s1. The summed E-state index contributed by atoms with van der Waals surface area (Å²) in [6.07, 6.45) is 14.7. The van der Waals surface area contributed by atoms with E-state index in [0.29, 0.717) is 31.9 Å². The van der Waals surface area contributed by atoms with Gasteiger partial charge in [-0.05, 0) is 70.9 Å². The minimum Gasteiger partial charge on any atom is -0.385 e. The maximum absolute atomic E-state index is 13.4. The lowest BCUT2D eigenvalue weighted by atomic mass is 9.78. The summed E-state index contributed by atoms with van der Waals surface area (Å²) in [5.41, 5.74) is -0.974. The molecule has 3 rings (SSSR count). The van der Waals surface area contributed by atoms with Gasteiger partial charge in [-0.15, -0.1) is 11.3 Å². The molecule has 1 aromatic heterocycles. The van der Waals surface area contributed by atoms with Crippen molar-refractivity contribution in [1.29, 1.82) is 0 Å². The second-order valence-electron chi connectivity index (χ2n) is 10.7. The number of ether oxygens (including phenoxy) is 1. The number of rotatable bonds is 13. The van der Waals surface area contributed by atoms with Crippen LogP contribution in [0.3, 0.4) is 0 Å². The van der Waals surface area contributed by atoms with Gasteiger partial charge in [-0.1, -0.05) is 32.1 Å². The third kappa shape index (κ3) is 7.74. The SMILES string of the molecule is CNC[C@@H](CC(=O)N1CCC[C@@H]([C@@](O)(CCCCOC)c2ncc(C)s2)C1)CC1CCCCC1. The van der Waals surface area contributed by atoms with Gasteiger partial charge in [0.05, 0.1) is 0 Å². The molecular formula is C27H47N3O3S. The van der Waals surface area contributed by atoms with Crippen LogP contribution in [0.2, 0.25) is 0 Å². The average molecular weight is 494 g/mol. The fourth-order valence-electron chi connectivity index (χ4n) is 6.07. The molecule has 1 aliphatic carbocycles. The maximum atomic E-state index is 13.4. The summed E-state index contributed by atoms with van der Waals surface area (Å²) in [6, 6.07) is 0. The van der Waals surface area contributed by atoms with E-state index in [0.717, 1.165) is 61.0 Å². The van der Waals surface area contributed by atoms with Crippen LogP contribution in [0.1, 0.15) is 86.9 Å². The highest BCUT2D eigenvalue weighted by atomic mass is 32.1. The van der Waals surface area contributed by atoms with Crippen LogP contribution in [0.15, 0.2) is 6.20 Å². The van der Waals surface area contributed by atoms with Gasteiger partial charge < -0.3 is 20.1 Å². The van der Waals surface area contributed by atoms with Crippen molar-refractivity contribution >= 4 is 17.2 Å². The van der Waals surface area contributed by atoms with E-state index >= 15 is 0 Å². The van der Waals surface area contributed by atoms with Crippen LogP contribution in [0.4, 0.5) is 0 Å². The van der Waals surface area contributed by atoms with Crippen molar-refractivity contribution in [3.63, 3.8) is 0 Å². The second kappa shape index (κ2) is 13.9. The predicted octanol–water partition coefficient (Wildman–Crippen LogP) is 4.89. The van der Waals surface area contributed by atoms with Crippen molar-refractivity contribution in [2.45, 2.75) is 89.6 Å². The summed E-state index contributed by atoms with van der Waals surface area (Å²) in [4.78, 5) is 21.2. The zero-order chi connectivity index (χ0) is 24.4. The van der Waals surface area contributed by atoms with Crippen LogP contribution >= 0.6 is 11.3 Å². The summed E-state index contributed by atoms with van der Waals surface area (Å²) in [5, 5.41) is 16.1. The second-order valence-corrected chi connectivity index (χ2v) is 11.9. The maximum Gasteiger partial charge on any atom is 0.222 e. The normalized spacial score (nSPS) is 22.5. The van der Waals surface area contributed by atoms with Crippen LogP contribution in [0, 0.1) is 24.7 Å². The van der Waals surface area contributed by atoms with Crippen molar-refractivity contribution in [1.82, 2.24) is 15.2 Å². The summed E-state index contributed by atoms with van der Waals surface area (Å²) in [6.45, 7) is 5.09. The number of aryl methyl sites for hydroxylation is 1. The number of thiazole rings is 1. The van der Waals surface area contributed by atoms with E-state index in [1.54, 1.807) is 18.4 Å². The Morgan fingerprint density at radius 3 is 2.76 bits per heavy atom. The molecule has 0 bridgehead atoms. The van der Waals surface area contributed by atoms with E-state index < -0.39 is 5.60 Å². The molecule has 3 atom stereocenters. The minimum atomic E-state index is -0.974. The van der Waals surface area contributed by atoms with Crippen molar-refractivity contribution in [3.05, 3.63) is 16.1 Å². The van der Waals surface area contributed by atoms with Gasteiger partial charge in [-0.25, -0.2) is 4.98 Å². The topological polar surface area (TPSA) is 74.7 Å². The lowest BCUT2D eigenvalue weighted by molar-refractivity contribution is -0.138. The molecule has 2 heterocycles. The molecule has 1 saturated carbocycles. The van der Waals surface area contributed by atoms with Gasteiger partial charge >= 0.3 is 0 Å². The number of aromatic nitrogens is 1. The number of amides is 1. The van der Waals surface area contributed by atoms with E-state index in [4.69, 9.17) is 4.74 Å². The van der Waals surface area contributed by atoms with Crippen molar-refractivity contribution in [3.8, 4) is 0 Å². The molecule has 1 saturated heterocycles. The van der Waals surface area contributed by atoms with Crippen molar-refractivity contribution in [2.75, 3.05) is 40.4 Å². The van der Waals surface area contributed by atoms with Crippen LogP contribution in [-0.2, 0) is 15.1 Å². The monoisotopic (exact) mass is 493 g/mol. The lowest BCUT2D eigenvalue weighted by Crippen LogP contribution is -2.48. The highest BCUT2D eigenvalue weighted by Gasteiger charge is 2.43. The number of likely N-dealkylation sites (tertiary alicyclic amines) is 1. The summed E-state index contributed by atoms with van der Waals surface area (Å²) in [5.74, 6) is 1.46. The smallest absolute Gasteiger partial charge is 0.222 e. The molecule has 1 aliphatic heterocycles. The van der Waals surface area contributed by atoms with E-state index in [1.807, 2.05) is 25.1 Å². The van der Waals surface area contributed by atoms with Gasteiger partial charge in [0.25, 0.3) is 0 Å². The van der Waals surface area contributed by atoms with Crippen LogP contribution < -0.4 is 5.32 Å². The number of carbonyl (C=O) groups is 1. The quantitative estimate of drug-likeness (QED) is 0.383. The number of nitrogens with one attached hydrogen (secondary N) is 1. The van der Waals surface area contributed by atoms with E-state index in [1.165, 1.54) is 32.1 Å². The first-order valence-electron chi connectivity index (χ1n) is 13.5. The van der Waals surface area contributed by atoms with Gasteiger partial charge in [0.2, 0.25) is 5.91 Å². The molecule has 1 aromatic rings. The fraction of sp³-hybridized carbons (Fsp3) is 0.852. The molecule has 2 aliphatic rings. The molecule has 6 nitrogen and oxygen atoms in total. The molecule has 0 unspecified atom stereocenters. The van der Waals surface area contributed by atoms with E-state index in [2.05, 4.69) is 10.3 Å². The fourth-order valence-corrected chi connectivity index (χ4v) is 7.03. The van der Waals surface area contributed by atoms with Gasteiger partial charge in [0, 0.05) is 50.2 Å². The van der Waals surface area contributed by atoms with Gasteiger partial charge in [-0.2, -0.15) is 0 Å². The first kappa shape index (κ1) is 27.6. The Kier molecular flexibility index (Phi) is 11.3. The molecule has 2 fully saturated rings. The Morgan fingerprint density at radius 1 is 1.29 bits per heavy atom. The van der Waals surface area contributed by atoms with Gasteiger partial charge in [0.15, 0.2) is 0 Å². The Labute approximate surface area is 210 Å². The highest BCUT2D eigenvalue weighted by Crippen LogP contribution is 2.41. The van der Waals surface area contributed by atoms with Crippen LogP contribution in [0.5, 0.6) is 0 Å². The van der Waals surface area contributed by atoms with E-state index in [-0.39, 0.29) is 11.8 Å². The largest absolute Gasteiger partial charge is 0.385 e. The molecule has 2 N–H and O–H groups in total. The number of piperidine rings is 1. The Balaban J connectivity index is 1.64. The third-order valence-corrected chi connectivity index (χ3v) is 9.02. The molecule has 7 heteroatoms. The number of hydrogen-bond donors (Lipinski definition) is 2. The number of carbonyl (C=O) groups excluding carboxylic acids is 1. The molecule has 0 aromatic carbocycles. The summed E-state index contributed by atoms with van der Waals surface area (Å²) >= 11 is 1.59. The lowest BCUT2D eigenvalue weighted by Gasteiger charge is -2.42. The summed E-state index contributed by atoms with van der Waals surface area (Å²) < 4.78 is 5.22. The van der Waals surface area contributed by atoms with Crippen molar-refractivity contribution < 1.29 is 14.6 Å². The zero-order valence-electron chi connectivity index (χ0n) is 21.7. The zero-order valence-corrected chi connectivity index (χ0v) is 22.5. The minimum absolute atomic E-state index is 0.0272. The number of aliphatic hydroxyl groups is 1. The average Bonchev–Trinajstić information content (AvgIpc) is 3.29. The Morgan fingerprint density at radius 2 is 2.09 bits per heavy atom. The number of hydrogen-bond acceptors (Lipinski definition) is 6. The molecule has 0 spiro atoms. The molecule has 34 heavy (non-hydrogen) atoms. The molecule has 1 amide bonds. The Bertz CT molecular complexity index is 736. The first-order valence-corrected chi connectivity index (χ1v) is 14.3. The number of nitrogens with zero attached hydrogens (tertiary/aromatic N) is 2. The first-order chi connectivity index (χ1) is 16.5. The highest BCUT2D eigenvalue weighted by molar-refractivity contribution is 7.11. The van der Waals surface area contributed by atoms with Crippen LogP contribution in [-0.4, -0.2) is 61.3 Å². The third-order valence-electron chi connectivity index (χ3n) is 7.94. The number of unbranched alkanes of at least 4 members (excludes halogenated alkanes) is 1. The van der Waals surface area contributed by atoms with Crippen molar-refractivity contribution in [2.24, 2.45) is 17.8 Å². The Hall–Kier alpha value is -1.02. The molecule has 194 valence electrons.